The Hall–Kier alpha value is -2.67. The lowest BCUT2D eigenvalue weighted by Crippen LogP contribution is -2.33. The van der Waals surface area contributed by atoms with Crippen LogP contribution in [0.3, 0.4) is 0 Å². The number of rotatable bonds is 5. The van der Waals surface area contributed by atoms with E-state index < -0.39 is 0 Å². The van der Waals surface area contributed by atoms with E-state index in [9.17, 15) is 9.59 Å². The summed E-state index contributed by atoms with van der Waals surface area (Å²) < 4.78 is 3.29. The second-order valence-corrected chi connectivity index (χ2v) is 6.65. The number of amides is 1. The SMILES string of the molecule is Cc1nn(CCNC(=O)c2cccn(C)c2=O)c(C)c1-c1ccsc1. The van der Waals surface area contributed by atoms with E-state index in [0.717, 1.165) is 17.0 Å². The van der Waals surface area contributed by atoms with Crippen molar-refractivity contribution in [1.29, 1.82) is 0 Å². The van der Waals surface area contributed by atoms with Gasteiger partial charge in [0.05, 0.1) is 12.2 Å². The quantitative estimate of drug-likeness (QED) is 0.763. The summed E-state index contributed by atoms with van der Waals surface area (Å²) in [6.07, 6.45) is 1.63. The van der Waals surface area contributed by atoms with Crippen molar-refractivity contribution in [2.45, 2.75) is 20.4 Å². The molecule has 0 saturated heterocycles. The molecule has 0 spiro atoms. The van der Waals surface area contributed by atoms with Crippen LogP contribution in [-0.2, 0) is 13.6 Å². The van der Waals surface area contributed by atoms with E-state index in [4.69, 9.17) is 0 Å². The number of aromatic nitrogens is 3. The van der Waals surface area contributed by atoms with Crippen LogP contribution < -0.4 is 10.9 Å². The molecule has 0 bridgehead atoms. The molecule has 0 fully saturated rings. The van der Waals surface area contributed by atoms with Crippen molar-refractivity contribution in [3.05, 3.63) is 62.5 Å². The first-order valence-electron chi connectivity index (χ1n) is 7.99. The van der Waals surface area contributed by atoms with Crippen molar-refractivity contribution in [1.82, 2.24) is 19.7 Å². The molecule has 0 saturated carbocycles. The van der Waals surface area contributed by atoms with Gasteiger partial charge in [0.25, 0.3) is 11.5 Å². The molecule has 0 unspecified atom stereocenters. The molecular formula is C18H20N4O2S. The molecule has 0 aromatic carbocycles. The molecule has 0 atom stereocenters. The highest BCUT2D eigenvalue weighted by Gasteiger charge is 2.14. The van der Waals surface area contributed by atoms with Gasteiger partial charge in [-0.15, -0.1) is 0 Å². The van der Waals surface area contributed by atoms with Crippen LogP contribution >= 0.6 is 11.3 Å². The average Bonchev–Trinajstić information content (AvgIpc) is 3.18. The molecule has 0 aliphatic carbocycles. The number of carbonyl (C=O) groups excluding carboxylic acids is 1. The average molecular weight is 356 g/mol. The first-order valence-corrected chi connectivity index (χ1v) is 8.93. The number of hydrogen-bond acceptors (Lipinski definition) is 4. The summed E-state index contributed by atoms with van der Waals surface area (Å²) in [5, 5.41) is 11.5. The summed E-state index contributed by atoms with van der Waals surface area (Å²) in [5.74, 6) is -0.360. The first-order chi connectivity index (χ1) is 12.0. The number of thiophene rings is 1. The Labute approximate surface area is 149 Å². The van der Waals surface area contributed by atoms with Crippen LogP contribution in [-0.4, -0.2) is 26.8 Å². The van der Waals surface area contributed by atoms with Gasteiger partial charge in [-0.1, -0.05) is 0 Å². The zero-order valence-electron chi connectivity index (χ0n) is 14.4. The van der Waals surface area contributed by atoms with Crippen LogP contribution in [0.4, 0.5) is 0 Å². The Bertz CT molecular complexity index is 954. The molecule has 6 nitrogen and oxygen atoms in total. The van der Waals surface area contributed by atoms with E-state index in [2.05, 4.69) is 21.9 Å². The maximum atomic E-state index is 12.2. The van der Waals surface area contributed by atoms with Gasteiger partial charge in [0.15, 0.2) is 0 Å². The van der Waals surface area contributed by atoms with Gasteiger partial charge in [-0.3, -0.25) is 14.3 Å². The molecular weight excluding hydrogens is 336 g/mol. The Morgan fingerprint density at radius 3 is 2.84 bits per heavy atom. The lowest BCUT2D eigenvalue weighted by Gasteiger charge is -2.08. The van der Waals surface area contributed by atoms with E-state index in [1.165, 1.54) is 16.2 Å². The normalized spacial score (nSPS) is 10.8. The molecule has 25 heavy (non-hydrogen) atoms. The van der Waals surface area contributed by atoms with Crippen LogP contribution in [0.1, 0.15) is 21.7 Å². The summed E-state index contributed by atoms with van der Waals surface area (Å²) in [6, 6.07) is 5.30. The van der Waals surface area contributed by atoms with Gasteiger partial charge < -0.3 is 9.88 Å². The summed E-state index contributed by atoms with van der Waals surface area (Å²) in [5.41, 5.74) is 4.20. The van der Waals surface area contributed by atoms with E-state index in [0.29, 0.717) is 13.1 Å². The molecule has 7 heteroatoms. The molecule has 3 rings (SSSR count). The Morgan fingerprint density at radius 2 is 2.12 bits per heavy atom. The number of nitrogens with zero attached hydrogens (tertiary/aromatic N) is 3. The number of pyridine rings is 1. The topological polar surface area (TPSA) is 68.9 Å². The lowest BCUT2D eigenvalue weighted by atomic mass is 10.1. The van der Waals surface area contributed by atoms with Gasteiger partial charge in [-0.25, -0.2) is 0 Å². The number of carbonyl (C=O) groups is 1. The second-order valence-electron chi connectivity index (χ2n) is 5.87. The first kappa shape index (κ1) is 17.2. The fourth-order valence-corrected chi connectivity index (χ4v) is 3.53. The summed E-state index contributed by atoms with van der Waals surface area (Å²) in [7, 11) is 1.63. The predicted octanol–water partition coefficient (Wildman–Crippen LogP) is 2.36. The smallest absolute Gasteiger partial charge is 0.263 e. The zero-order valence-corrected chi connectivity index (χ0v) is 15.3. The minimum atomic E-state index is -0.360. The van der Waals surface area contributed by atoms with Crippen LogP contribution in [0.5, 0.6) is 0 Å². The third-order valence-corrected chi connectivity index (χ3v) is 4.85. The summed E-state index contributed by atoms with van der Waals surface area (Å²) >= 11 is 1.66. The zero-order chi connectivity index (χ0) is 18.0. The van der Waals surface area contributed by atoms with E-state index in [1.807, 2.05) is 23.9 Å². The molecule has 3 heterocycles. The number of nitrogens with one attached hydrogen (secondary N) is 1. The minimum Gasteiger partial charge on any atom is -0.350 e. The number of hydrogen-bond donors (Lipinski definition) is 1. The Morgan fingerprint density at radius 1 is 1.32 bits per heavy atom. The molecule has 0 aliphatic heterocycles. The van der Waals surface area contributed by atoms with Crippen molar-refractivity contribution in [2.24, 2.45) is 7.05 Å². The van der Waals surface area contributed by atoms with Crippen molar-refractivity contribution in [3.8, 4) is 11.1 Å². The van der Waals surface area contributed by atoms with Gasteiger partial charge in [-0.2, -0.15) is 16.4 Å². The van der Waals surface area contributed by atoms with Crippen molar-refractivity contribution < 1.29 is 4.79 Å². The van der Waals surface area contributed by atoms with Crippen LogP contribution in [0, 0.1) is 13.8 Å². The maximum Gasteiger partial charge on any atom is 0.263 e. The Balaban J connectivity index is 1.69. The molecule has 0 radical (unpaired) electrons. The van der Waals surface area contributed by atoms with Crippen LogP contribution in [0.15, 0.2) is 40.0 Å². The molecule has 1 N–H and O–H groups in total. The lowest BCUT2D eigenvalue weighted by molar-refractivity contribution is 0.0950. The van der Waals surface area contributed by atoms with Gasteiger partial charge in [0.2, 0.25) is 0 Å². The molecule has 0 aliphatic rings. The maximum absolute atomic E-state index is 12.2. The van der Waals surface area contributed by atoms with Crippen molar-refractivity contribution >= 4 is 17.2 Å². The van der Waals surface area contributed by atoms with Gasteiger partial charge in [0.1, 0.15) is 5.56 Å². The standard InChI is InChI=1S/C18H20N4O2S/c1-12-16(14-6-10-25-11-14)13(2)22(20-12)9-7-19-17(23)15-5-4-8-21(3)18(15)24/h4-6,8,10-11H,7,9H2,1-3H3,(H,19,23). The largest absolute Gasteiger partial charge is 0.350 e. The predicted molar refractivity (Wildman–Crippen MR) is 99.0 cm³/mol. The van der Waals surface area contributed by atoms with Crippen molar-refractivity contribution in [3.63, 3.8) is 0 Å². The van der Waals surface area contributed by atoms with Crippen molar-refractivity contribution in [2.75, 3.05) is 6.54 Å². The fourth-order valence-electron chi connectivity index (χ4n) is 2.88. The second kappa shape index (κ2) is 7.06. The highest BCUT2D eigenvalue weighted by atomic mass is 32.1. The molecule has 130 valence electrons. The molecule has 3 aromatic rings. The van der Waals surface area contributed by atoms with E-state index in [1.54, 1.807) is 30.6 Å². The van der Waals surface area contributed by atoms with Crippen LogP contribution in [0.25, 0.3) is 11.1 Å². The summed E-state index contributed by atoms with van der Waals surface area (Å²) in [4.78, 5) is 24.2. The highest BCUT2D eigenvalue weighted by Crippen LogP contribution is 2.28. The van der Waals surface area contributed by atoms with Gasteiger partial charge >= 0.3 is 0 Å². The monoisotopic (exact) mass is 356 g/mol. The van der Waals surface area contributed by atoms with Gasteiger partial charge in [0, 0.05) is 31.0 Å². The van der Waals surface area contributed by atoms with E-state index >= 15 is 0 Å². The van der Waals surface area contributed by atoms with Crippen LogP contribution in [0.2, 0.25) is 0 Å². The third-order valence-electron chi connectivity index (χ3n) is 4.17. The Kier molecular flexibility index (Phi) is 4.85. The summed E-state index contributed by atoms with van der Waals surface area (Å²) in [6.45, 7) is 4.97. The fraction of sp³-hybridized carbons (Fsp3) is 0.278. The minimum absolute atomic E-state index is 0.150. The van der Waals surface area contributed by atoms with E-state index in [-0.39, 0.29) is 17.0 Å². The molecule has 3 aromatic heterocycles. The number of aryl methyl sites for hydroxylation is 2. The van der Waals surface area contributed by atoms with Gasteiger partial charge in [-0.05, 0) is 48.4 Å². The third kappa shape index (κ3) is 3.41. The molecule has 1 amide bonds. The highest BCUT2D eigenvalue weighted by molar-refractivity contribution is 7.08.